The van der Waals surface area contributed by atoms with Crippen molar-refractivity contribution in [1.82, 2.24) is 15.1 Å². The average Bonchev–Trinajstić information content (AvgIpc) is 2.91. The third-order valence-corrected chi connectivity index (χ3v) is 4.60. The van der Waals surface area contributed by atoms with Gasteiger partial charge in [-0.25, -0.2) is 0 Å². The highest BCUT2D eigenvalue weighted by Crippen LogP contribution is 2.23. The second kappa shape index (κ2) is 6.35. The van der Waals surface area contributed by atoms with Crippen LogP contribution in [0.25, 0.3) is 0 Å². The number of hydrogen-bond acceptors (Lipinski definition) is 3. The van der Waals surface area contributed by atoms with Crippen LogP contribution in [0.5, 0.6) is 0 Å². The lowest BCUT2D eigenvalue weighted by Crippen LogP contribution is -2.21. The zero-order chi connectivity index (χ0) is 13.8. The number of aryl methyl sites for hydroxylation is 4. The van der Waals surface area contributed by atoms with Crippen LogP contribution in [-0.4, -0.2) is 16.3 Å². The summed E-state index contributed by atoms with van der Waals surface area (Å²) in [7, 11) is 0. The van der Waals surface area contributed by atoms with Gasteiger partial charge in [0, 0.05) is 23.2 Å². The molecule has 0 aliphatic carbocycles. The van der Waals surface area contributed by atoms with E-state index < -0.39 is 0 Å². The van der Waals surface area contributed by atoms with Crippen molar-refractivity contribution < 1.29 is 0 Å². The summed E-state index contributed by atoms with van der Waals surface area (Å²) in [6, 6.07) is 4.76. The lowest BCUT2D eigenvalue weighted by Gasteiger charge is -2.13. The molecule has 0 aliphatic rings. The van der Waals surface area contributed by atoms with Crippen molar-refractivity contribution in [2.24, 2.45) is 0 Å². The van der Waals surface area contributed by atoms with Crippen LogP contribution in [-0.2, 0) is 6.54 Å². The van der Waals surface area contributed by atoms with Crippen LogP contribution in [0.2, 0.25) is 0 Å². The molecule has 0 saturated heterocycles. The standard InChI is InChI=1S/C15H23N3S/c1-11-6-9-19-15(11)14(4)16-7-5-8-18-13(3)10-12(2)17-18/h6,9-10,14,16H,5,7-8H2,1-4H3. The summed E-state index contributed by atoms with van der Waals surface area (Å²) < 4.78 is 2.10. The average molecular weight is 277 g/mol. The summed E-state index contributed by atoms with van der Waals surface area (Å²) >= 11 is 1.84. The Morgan fingerprint density at radius 2 is 2.16 bits per heavy atom. The van der Waals surface area contributed by atoms with E-state index in [1.807, 2.05) is 18.3 Å². The molecule has 1 atom stereocenters. The predicted molar refractivity (Wildman–Crippen MR) is 81.8 cm³/mol. The summed E-state index contributed by atoms with van der Waals surface area (Å²) in [6.07, 6.45) is 1.11. The van der Waals surface area contributed by atoms with E-state index in [9.17, 15) is 0 Å². The Balaban J connectivity index is 1.75. The van der Waals surface area contributed by atoms with Crippen LogP contribution in [0.3, 0.4) is 0 Å². The van der Waals surface area contributed by atoms with Crippen molar-refractivity contribution in [2.45, 2.75) is 46.7 Å². The van der Waals surface area contributed by atoms with E-state index in [4.69, 9.17) is 0 Å². The van der Waals surface area contributed by atoms with Crippen LogP contribution in [0.4, 0.5) is 0 Å². The van der Waals surface area contributed by atoms with Crippen LogP contribution >= 0.6 is 11.3 Å². The van der Waals surface area contributed by atoms with Gasteiger partial charge in [-0.1, -0.05) is 0 Å². The molecule has 3 nitrogen and oxygen atoms in total. The third-order valence-electron chi connectivity index (χ3n) is 3.40. The molecule has 2 aromatic heterocycles. The molecule has 104 valence electrons. The molecule has 19 heavy (non-hydrogen) atoms. The van der Waals surface area contributed by atoms with E-state index in [1.54, 1.807) is 0 Å². The number of aromatic nitrogens is 2. The van der Waals surface area contributed by atoms with Gasteiger partial charge in [-0.3, -0.25) is 4.68 Å². The maximum Gasteiger partial charge on any atom is 0.0596 e. The van der Waals surface area contributed by atoms with Gasteiger partial charge in [0.15, 0.2) is 0 Å². The number of nitrogens with zero attached hydrogens (tertiary/aromatic N) is 2. The van der Waals surface area contributed by atoms with Gasteiger partial charge in [-0.2, -0.15) is 5.10 Å². The van der Waals surface area contributed by atoms with Gasteiger partial charge >= 0.3 is 0 Å². The minimum atomic E-state index is 0.445. The Hall–Kier alpha value is -1.13. The predicted octanol–water partition coefficient (Wildman–Crippen LogP) is 3.61. The molecular formula is C15H23N3S. The first-order valence-corrected chi connectivity index (χ1v) is 7.74. The van der Waals surface area contributed by atoms with Crippen LogP contribution < -0.4 is 5.32 Å². The Labute approximate surface area is 119 Å². The Morgan fingerprint density at radius 3 is 2.74 bits per heavy atom. The van der Waals surface area contributed by atoms with E-state index in [0.717, 1.165) is 25.2 Å². The van der Waals surface area contributed by atoms with Crippen molar-refractivity contribution in [3.63, 3.8) is 0 Å². The molecule has 2 rings (SSSR count). The van der Waals surface area contributed by atoms with Crippen LogP contribution in [0.15, 0.2) is 17.5 Å². The normalized spacial score (nSPS) is 12.8. The number of hydrogen-bond donors (Lipinski definition) is 1. The zero-order valence-corrected chi connectivity index (χ0v) is 13.0. The molecule has 0 spiro atoms. The molecule has 0 saturated carbocycles. The minimum Gasteiger partial charge on any atom is -0.309 e. The quantitative estimate of drug-likeness (QED) is 0.817. The van der Waals surface area contributed by atoms with Crippen LogP contribution in [0, 0.1) is 20.8 Å². The summed E-state index contributed by atoms with van der Waals surface area (Å²) in [6.45, 7) is 10.6. The van der Waals surface area contributed by atoms with Crippen molar-refractivity contribution in [2.75, 3.05) is 6.54 Å². The van der Waals surface area contributed by atoms with Gasteiger partial charge in [-0.05, 0) is 63.7 Å². The number of rotatable bonds is 6. The topological polar surface area (TPSA) is 29.9 Å². The molecule has 0 aliphatic heterocycles. The summed E-state index contributed by atoms with van der Waals surface area (Å²) in [4.78, 5) is 1.45. The molecule has 1 unspecified atom stereocenters. The van der Waals surface area contributed by atoms with Gasteiger partial charge in [0.2, 0.25) is 0 Å². The van der Waals surface area contributed by atoms with E-state index in [-0.39, 0.29) is 0 Å². The summed E-state index contributed by atoms with van der Waals surface area (Å²) in [5.74, 6) is 0. The smallest absolute Gasteiger partial charge is 0.0596 e. The number of thiophene rings is 1. The summed E-state index contributed by atoms with van der Waals surface area (Å²) in [5.41, 5.74) is 3.75. The zero-order valence-electron chi connectivity index (χ0n) is 12.2. The first kappa shape index (κ1) is 14.3. The first-order valence-electron chi connectivity index (χ1n) is 6.86. The fraction of sp³-hybridized carbons (Fsp3) is 0.533. The molecule has 1 N–H and O–H groups in total. The monoisotopic (exact) mass is 277 g/mol. The van der Waals surface area contributed by atoms with Gasteiger partial charge in [0.1, 0.15) is 0 Å². The van der Waals surface area contributed by atoms with E-state index in [0.29, 0.717) is 6.04 Å². The Bertz CT molecular complexity index is 527. The maximum absolute atomic E-state index is 4.48. The fourth-order valence-corrected chi connectivity index (χ4v) is 3.33. The second-order valence-electron chi connectivity index (χ2n) is 5.15. The SMILES string of the molecule is Cc1cc(C)n(CCCNC(C)c2sccc2C)n1. The van der Waals surface area contributed by atoms with Crippen molar-refractivity contribution >= 4 is 11.3 Å². The molecule has 0 radical (unpaired) electrons. The Morgan fingerprint density at radius 1 is 1.37 bits per heavy atom. The van der Waals surface area contributed by atoms with Gasteiger partial charge < -0.3 is 5.32 Å². The lowest BCUT2D eigenvalue weighted by atomic mass is 10.2. The van der Waals surface area contributed by atoms with Crippen molar-refractivity contribution in [3.8, 4) is 0 Å². The largest absolute Gasteiger partial charge is 0.309 e. The first-order chi connectivity index (χ1) is 9.08. The van der Waals surface area contributed by atoms with E-state index in [1.165, 1.54) is 16.1 Å². The molecule has 4 heteroatoms. The van der Waals surface area contributed by atoms with E-state index >= 15 is 0 Å². The van der Waals surface area contributed by atoms with Crippen molar-refractivity contribution in [3.05, 3.63) is 39.3 Å². The number of nitrogens with one attached hydrogen (secondary N) is 1. The molecule has 0 aromatic carbocycles. The van der Waals surface area contributed by atoms with Gasteiger partial charge in [-0.15, -0.1) is 11.3 Å². The van der Waals surface area contributed by atoms with Crippen molar-refractivity contribution in [1.29, 1.82) is 0 Å². The molecule has 0 fully saturated rings. The van der Waals surface area contributed by atoms with Gasteiger partial charge in [0.25, 0.3) is 0 Å². The minimum absolute atomic E-state index is 0.445. The summed E-state index contributed by atoms with van der Waals surface area (Å²) in [5, 5.41) is 10.2. The molecule has 2 aromatic rings. The molecular weight excluding hydrogens is 254 g/mol. The molecule has 0 bridgehead atoms. The van der Waals surface area contributed by atoms with E-state index in [2.05, 4.69) is 53.4 Å². The highest BCUT2D eigenvalue weighted by atomic mass is 32.1. The second-order valence-corrected chi connectivity index (χ2v) is 6.10. The highest BCUT2D eigenvalue weighted by molar-refractivity contribution is 7.10. The fourth-order valence-electron chi connectivity index (χ4n) is 2.37. The lowest BCUT2D eigenvalue weighted by molar-refractivity contribution is 0.502. The Kier molecular flexibility index (Phi) is 4.77. The van der Waals surface area contributed by atoms with Gasteiger partial charge in [0.05, 0.1) is 5.69 Å². The maximum atomic E-state index is 4.48. The van der Waals surface area contributed by atoms with Crippen LogP contribution in [0.1, 0.15) is 41.2 Å². The highest BCUT2D eigenvalue weighted by Gasteiger charge is 2.08. The third kappa shape index (κ3) is 3.67. The molecule has 2 heterocycles. The molecule has 0 amide bonds.